The minimum absolute atomic E-state index is 0.0910. The molecule has 0 unspecified atom stereocenters. The van der Waals surface area contributed by atoms with E-state index in [1.165, 1.54) is 7.05 Å². The van der Waals surface area contributed by atoms with Gasteiger partial charge >= 0.3 is 16.3 Å². The molecule has 0 aliphatic rings. The van der Waals surface area contributed by atoms with Crippen molar-refractivity contribution in [3.05, 3.63) is 29.8 Å². The van der Waals surface area contributed by atoms with Gasteiger partial charge in [-0.15, -0.1) is 0 Å². The van der Waals surface area contributed by atoms with Crippen LogP contribution in [0.5, 0.6) is 0 Å². The van der Waals surface area contributed by atoms with Crippen molar-refractivity contribution in [2.24, 2.45) is 5.73 Å². The summed E-state index contributed by atoms with van der Waals surface area (Å²) in [5.41, 5.74) is 6.68. The highest BCUT2D eigenvalue weighted by Gasteiger charge is 2.21. The van der Waals surface area contributed by atoms with Crippen molar-refractivity contribution in [2.45, 2.75) is 13.5 Å². The molecular weight excluding hydrogens is 270 g/mol. The number of hydrogen-bond donors (Lipinski definition) is 2. The van der Waals surface area contributed by atoms with Gasteiger partial charge in [-0.2, -0.15) is 8.42 Å². The lowest BCUT2D eigenvalue weighted by molar-refractivity contribution is 0.158. The van der Waals surface area contributed by atoms with Gasteiger partial charge in [-0.3, -0.25) is 4.31 Å². The van der Waals surface area contributed by atoms with E-state index < -0.39 is 16.3 Å². The summed E-state index contributed by atoms with van der Waals surface area (Å²) in [5, 5.41) is 0. The second-order valence-electron chi connectivity index (χ2n) is 3.67. The maximum Gasteiger partial charge on any atom is 0.422 e. The molecule has 0 bridgehead atoms. The van der Waals surface area contributed by atoms with Gasteiger partial charge < -0.3 is 10.5 Å². The summed E-state index contributed by atoms with van der Waals surface area (Å²) in [5.74, 6) is 0. The lowest BCUT2D eigenvalue weighted by Crippen LogP contribution is -2.41. The van der Waals surface area contributed by atoms with E-state index in [-0.39, 0.29) is 6.61 Å². The average Bonchev–Trinajstić information content (AvgIpc) is 2.37. The maximum absolute atomic E-state index is 11.9. The lowest BCUT2D eigenvalue weighted by Gasteiger charge is -2.19. The zero-order valence-corrected chi connectivity index (χ0v) is 11.6. The molecule has 1 aromatic carbocycles. The number of carbonyl (C=O) groups excluding carboxylic acids is 1. The van der Waals surface area contributed by atoms with Gasteiger partial charge in [0.25, 0.3) is 0 Å². The Morgan fingerprint density at radius 2 is 2.16 bits per heavy atom. The van der Waals surface area contributed by atoms with Crippen LogP contribution in [-0.2, 0) is 21.5 Å². The Hall–Kier alpha value is -1.80. The molecule has 7 nitrogen and oxygen atoms in total. The Kier molecular flexibility index (Phi) is 5.13. The maximum atomic E-state index is 11.9. The first-order valence-corrected chi connectivity index (χ1v) is 7.07. The molecule has 0 radical (unpaired) electrons. The smallest absolute Gasteiger partial charge is 0.422 e. The Morgan fingerprint density at radius 3 is 2.74 bits per heavy atom. The summed E-state index contributed by atoms with van der Waals surface area (Å²) in [6.07, 6.45) is -1.01. The third-order valence-electron chi connectivity index (χ3n) is 2.36. The Labute approximate surface area is 112 Å². The van der Waals surface area contributed by atoms with Crippen LogP contribution in [-0.4, -0.2) is 28.2 Å². The highest BCUT2D eigenvalue weighted by Crippen LogP contribution is 2.16. The standard InChI is InChI=1S/C11H17N3O4S/c1-3-18-11(15)13-19(16,17)14(2)10-6-4-5-9(7-10)8-12/h4-7H,3,8,12H2,1-2H3,(H,13,15). The molecule has 0 spiro atoms. The number of ether oxygens (including phenoxy) is 1. The van der Waals surface area contributed by atoms with Gasteiger partial charge in [0.05, 0.1) is 12.3 Å². The fourth-order valence-electron chi connectivity index (χ4n) is 1.35. The van der Waals surface area contributed by atoms with Crippen LogP contribution in [0.2, 0.25) is 0 Å². The number of hydrogen-bond acceptors (Lipinski definition) is 5. The molecule has 0 aliphatic carbocycles. The van der Waals surface area contributed by atoms with Gasteiger partial charge in [0.1, 0.15) is 0 Å². The fraction of sp³-hybridized carbons (Fsp3) is 0.364. The summed E-state index contributed by atoms with van der Waals surface area (Å²) < 4.78 is 31.1. The number of carbonyl (C=O) groups is 1. The molecule has 0 fully saturated rings. The van der Waals surface area contributed by atoms with E-state index in [1.54, 1.807) is 35.9 Å². The number of benzene rings is 1. The fourth-order valence-corrected chi connectivity index (χ4v) is 2.15. The van der Waals surface area contributed by atoms with Crippen molar-refractivity contribution < 1.29 is 17.9 Å². The second kappa shape index (κ2) is 6.39. The Bertz CT molecular complexity index is 545. The normalized spacial score (nSPS) is 10.9. The van der Waals surface area contributed by atoms with E-state index in [4.69, 9.17) is 5.73 Å². The summed E-state index contributed by atoms with van der Waals surface area (Å²) >= 11 is 0. The molecule has 0 aliphatic heterocycles. The molecule has 106 valence electrons. The number of nitrogens with zero attached hydrogens (tertiary/aromatic N) is 1. The van der Waals surface area contributed by atoms with Crippen LogP contribution in [0.1, 0.15) is 12.5 Å². The number of anilines is 1. The average molecular weight is 287 g/mol. The molecule has 0 saturated carbocycles. The molecule has 1 aromatic rings. The van der Waals surface area contributed by atoms with Crippen molar-refractivity contribution in [3.8, 4) is 0 Å². The largest absolute Gasteiger partial charge is 0.449 e. The van der Waals surface area contributed by atoms with E-state index in [2.05, 4.69) is 4.74 Å². The lowest BCUT2D eigenvalue weighted by atomic mass is 10.2. The van der Waals surface area contributed by atoms with Gasteiger partial charge in [-0.05, 0) is 24.6 Å². The predicted molar refractivity (Wildman–Crippen MR) is 71.8 cm³/mol. The zero-order valence-electron chi connectivity index (χ0n) is 10.8. The third kappa shape index (κ3) is 4.11. The quantitative estimate of drug-likeness (QED) is 0.824. The Balaban J connectivity index is 2.91. The predicted octanol–water partition coefficient (Wildman–Crippen LogP) is 0.572. The molecular formula is C11H17N3O4S. The molecule has 0 saturated heterocycles. The number of amides is 1. The van der Waals surface area contributed by atoms with E-state index in [0.717, 1.165) is 9.87 Å². The third-order valence-corrected chi connectivity index (χ3v) is 3.71. The van der Waals surface area contributed by atoms with E-state index in [1.807, 2.05) is 0 Å². The minimum Gasteiger partial charge on any atom is -0.449 e. The number of nitrogens with one attached hydrogen (secondary N) is 1. The second-order valence-corrected chi connectivity index (χ2v) is 5.37. The molecule has 0 atom stereocenters. The first-order chi connectivity index (χ1) is 8.90. The van der Waals surface area contributed by atoms with Crippen LogP contribution in [0, 0.1) is 0 Å². The van der Waals surface area contributed by atoms with Crippen LogP contribution in [0.4, 0.5) is 10.5 Å². The Morgan fingerprint density at radius 1 is 1.47 bits per heavy atom. The number of nitrogens with two attached hydrogens (primary N) is 1. The topological polar surface area (TPSA) is 102 Å². The molecule has 3 N–H and O–H groups in total. The highest BCUT2D eigenvalue weighted by molar-refractivity contribution is 7.91. The van der Waals surface area contributed by atoms with E-state index in [0.29, 0.717) is 12.2 Å². The van der Waals surface area contributed by atoms with Crippen LogP contribution in [0.25, 0.3) is 0 Å². The van der Waals surface area contributed by atoms with E-state index in [9.17, 15) is 13.2 Å². The summed E-state index contributed by atoms with van der Waals surface area (Å²) in [7, 11) is -2.66. The van der Waals surface area contributed by atoms with Gasteiger partial charge in [-0.1, -0.05) is 12.1 Å². The van der Waals surface area contributed by atoms with Gasteiger partial charge in [0.2, 0.25) is 0 Å². The van der Waals surface area contributed by atoms with Gasteiger partial charge in [0.15, 0.2) is 0 Å². The van der Waals surface area contributed by atoms with Crippen molar-refractivity contribution in [3.63, 3.8) is 0 Å². The monoisotopic (exact) mass is 287 g/mol. The van der Waals surface area contributed by atoms with Crippen LogP contribution < -0.4 is 14.8 Å². The van der Waals surface area contributed by atoms with Crippen LogP contribution in [0.15, 0.2) is 24.3 Å². The molecule has 0 aromatic heterocycles. The summed E-state index contributed by atoms with van der Waals surface area (Å²) in [6.45, 7) is 1.97. The molecule has 0 heterocycles. The molecule has 1 amide bonds. The van der Waals surface area contributed by atoms with Crippen molar-refractivity contribution in [2.75, 3.05) is 18.0 Å². The molecule has 19 heavy (non-hydrogen) atoms. The highest BCUT2D eigenvalue weighted by atomic mass is 32.2. The summed E-state index contributed by atoms with van der Waals surface area (Å²) in [4.78, 5) is 11.2. The molecule has 8 heteroatoms. The first kappa shape index (κ1) is 15.3. The first-order valence-electron chi connectivity index (χ1n) is 5.63. The minimum atomic E-state index is -3.99. The van der Waals surface area contributed by atoms with Gasteiger partial charge in [-0.25, -0.2) is 9.52 Å². The number of rotatable bonds is 5. The van der Waals surface area contributed by atoms with Crippen LogP contribution in [0.3, 0.4) is 0 Å². The summed E-state index contributed by atoms with van der Waals surface area (Å²) in [6, 6.07) is 6.70. The SMILES string of the molecule is CCOC(=O)NS(=O)(=O)N(C)c1cccc(CN)c1. The molecule has 1 rings (SSSR count). The van der Waals surface area contributed by atoms with Crippen molar-refractivity contribution in [1.82, 2.24) is 4.72 Å². The van der Waals surface area contributed by atoms with Crippen molar-refractivity contribution in [1.29, 1.82) is 0 Å². The van der Waals surface area contributed by atoms with Crippen molar-refractivity contribution >= 4 is 22.0 Å². The van der Waals surface area contributed by atoms with Crippen LogP contribution >= 0.6 is 0 Å². The van der Waals surface area contributed by atoms with E-state index >= 15 is 0 Å². The van der Waals surface area contributed by atoms with Gasteiger partial charge in [0, 0.05) is 13.6 Å². The zero-order chi connectivity index (χ0) is 14.5.